The second kappa shape index (κ2) is 4.85. The van der Waals surface area contributed by atoms with Gasteiger partial charge in [-0.15, -0.1) is 6.58 Å². The molecule has 8 heavy (non-hydrogen) atoms. The zero-order valence-electron chi connectivity index (χ0n) is 5.78. The maximum absolute atomic E-state index is 3.65. The summed E-state index contributed by atoms with van der Waals surface area (Å²) in [5.41, 5.74) is 0. The molecule has 0 spiro atoms. The Morgan fingerprint density at radius 1 is 1.75 bits per heavy atom. The van der Waals surface area contributed by atoms with Gasteiger partial charge in [-0.1, -0.05) is 13.0 Å². The van der Waals surface area contributed by atoms with Crippen molar-refractivity contribution in [3.63, 3.8) is 0 Å². The lowest BCUT2D eigenvalue weighted by Crippen LogP contribution is -2.23. The number of hydrogen-bond acceptors (Lipinski definition) is 1. The summed E-state index contributed by atoms with van der Waals surface area (Å²) in [5, 5.41) is 3.26. The first-order chi connectivity index (χ1) is 3.81. The van der Waals surface area contributed by atoms with Gasteiger partial charge >= 0.3 is 0 Å². The fourth-order valence-electron chi connectivity index (χ4n) is 0.455. The van der Waals surface area contributed by atoms with Gasteiger partial charge in [0.15, 0.2) is 0 Å². The summed E-state index contributed by atoms with van der Waals surface area (Å²) in [7, 11) is 0. The molecule has 0 heterocycles. The van der Waals surface area contributed by atoms with E-state index in [0.717, 1.165) is 6.54 Å². The van der Waals surface area contributed by atoms with Crippen molar-refractivity contribution in [2.45, 2.75) is 26.3 Å². The van der Waals surface area contributed by atoms with E-state index in [1.807, 2.05) is 6.08 Å². The van der Waals surface area contributed by atoms with Gasteiger partial charge < -0.3 is 5.32 Å². The van der Waals surface area contributed by atoms with E-state index in [0.29, 0.717) is 6.04 Å². The maximum atomic E-state index is 3.65. The third-order valence-electron chi connectivity index (χ3n) is 1.07. The van der Waals surface area contributed by atoms with E-state index in [9.17, 15) is 0 Å². The minimum absolute atomic E-state index is 0.468. The maximum Gasteiger partial charge on any atom is 0.0219 e. The van der Waals surface area contributed by atoms with Crippen molar-refractivity contribution in [2.24, 2.45) is 0 Å². The van der Waals surface area contributed by atoms with Gasteiger partial charge in [0.1, 0.15) is 0 Å². The van der Waals surface area contributed by atoms with Crippen molar-refractivity contribution in [3.05, 3.63) is 12.7 Å². The van der Waals surface area contributed by atoms with E-state index in [4.69, 9.17) is 0 Å². The Labute approximate surface area is 51.8 Å². The fourth-order valence-corrected chi connectivity index (χ4v) is 0.455. The van der Waals surface area contributed by atoms with Crippen LogP contribution in [0.3, 0.4) is 0 Å². The molecule has 0 aromatic carbocycles. The summed E-state index contributed by atoms with van der Waals surface area (Å²) >= 11 is 0. The molecule has 0 saturated heterocycles. The lowest BCUT2D eigenvalue weighted by Gasteiger charge is -2.05. The van der Waals surface area contributed by atoms with E-state index in [-0.39, 0.29) is 0 Å². The smallest absolute Gasteiger partial charge is 0.0219 e. The molecule has 48 valence electrons. The van der Waals surface area contributed by atoms with E-state index in [1.54, 1.807) is 0 Å². The predicted octanol–water partition coefficient (Wildman–Crippen LogP) is 1.56. The lowest BCUT2D eigenvalue weighted by atomic mass is 10.3. The standard InChI is InChI=1S/C7H15N/c1-4-6-8-7(3)5-2/h5,7-8H,2,4,6H2,1,3H3. The zero-order chi connectivity index (χ0) is 6.41. The van der Waals surface area contributed by atoms with Gasteiger partial charge in [0.05, 0.1) is 0 Å². The highest BCUT2D eigenvalue weighted by atomic mass is 14.9. The minimum atomic E-state index is 0.468. The predicted molar refractivity (Wildman–Crippen MR) is 38.0 cm³/mol. The Balaban J connectivity index is 2.98. The van der Waals surface area contributed by atoms with Crippen LogP contribution in [0.2, 0.25) is 0 Å². The van der Waals surface area contributed by atoms with Crippen molar-refractivity contribution in [3.8, 4) is 0 Å². The summed E-state index contributed by atoms with van der Waals surface area (Å²) in [6.07, 6.45) is 3.10. The molecule has 0 saturated carbocycles. The molecule has 0 amide bonds. The molecule has 0 fully saturated rings. The summed E-state index contributed by atoms with van der Waals surface area (Å²) in [6, 6.07) is 0.468. The molecule has 1 heteroatoms. The van der Waals surface area contributed by atoms with Crippen molar-refractivity contribution < 1.29 is 0 Å². The second-order valence-corrected chi connectivity index (χ2v) is 1.98. The van der Waals surface area contributed by atoms with Crippen LogP contribution in [-0.4, -0.2) is 12.6 Å². The van der Waals surface area contributed by atoms with Crippen LogP contribution in [0.1, 0.15) is 20.3 Å². The Morgan fingerprint density at radius 2 is 2.38 bits per heavy atom. The van der Waals surface area contributed by atoms with Crippen LogP contribution < -0.4 is 5.32 Å². The molecule has 1 atom stereocenters. The summed E-state index contributed by atoms with van der Waals surface area (Å²) < 4.78 is 0. The highest BCUT2D eigenvalue weighted by Crippen LogP contribution is 1.80. The van der Waals surface area contributed by atoms with Crippen LogP contribution >= 0.6 is 0 Å². The van der Waals surface area contributed by atoms with E-state index in [2.05, 4.69) is 25.7 Å². The van der Waals surface area contributed by atoms with Crippen molar-refractivity contribution in [1.29, 1.82) is 0 Å². The van der Waals surface area contributed by atoms with Gasteiger partial charge in [-0.25, -0.2) is 0 Å². The highest BCUT2D eigenvalue weighted by Gasteiger charge is 1.88. The molecule has 0 aliphatic heterocycles. The van der Waals surface area contributed by atoms with E-state index < -0.39 is 0 Å². The molecule has 0 rings (SSSR count). The Bertz CT molecular complexity index is 59.4. The van der Waals surface area contributed by atoms with Crippen LogP contribution in [0.15, 0.2) is 12.7 Å². The first kappa shape index (κ1) is 7.70. The molecule has 0 bridgehead atoms. The van der Waals surface area contributed by atoms with E-state index >= 15 is 0 Å². The van der Waals surface area contributed by atoms with Gasteiger partial charge in [0, 0.05) is 6.04 Å². The summed E-state index contributed by atoms with van der Waals surface area (Å²) in [5.74, 6) is 0. The zero-order valence-corrected chi connectivity index (χ0v) is 5.78. The molecule has 0 aliphatic rings. The molecular weight excluding hydrogens is 98.1 g/mol. The molecule has 0 aromatic rings. The number of hydrogen-bond donors (Lipinski definition) is 1. The van der Waals surface area contributed by atoms with Gasteiger partial charge in [0.2, 0.25) is 0 Å². The topological polar surface area (TPSA) is 12.0 Å². The van der Waals surface area contributed by atoms with Crippen molar-refractivity contribution in [2.75, 3.05) is 6.54 Å². The molecule has 0 aromatic heterocycles. The largest absolute Gasteiger partial charge is 0.311 e. The minimum Gasteiger partial charge on any atom is -0.311 e. The average molecular weight is 113 g/mol. The van der Waals surface area contributed by atoms with Gasteiger partial charge in [-0.3, -0.25) is 0 Å². The van der Waals surface area contributed by atoms with Gasteiger partial charge in [-0.05, 0) is 19.9 Å². The Morgan fingerprint density at radius 3 is 2.75 bits per heavy atom. The first-order valence-electron chi connectivity index (χ1n) is 3.17. The first-order valence-corrected chi connectivity index (χ1v) is 3.17. The monoisotopic (exact) mass is 113 g/mol. The Hall–Kier alpha value is -0.300. The van der Waals surface area contributed by atoms with Crippen LogP contribution in [0.4, 0.5) is 0 Å². The molecular formula is C7H15N. The summed E-state index contributed by atoms with van der Waals surface area (Å²) in [6.45, 7) is 9.00. The number of rotatable bonds is 4. The Kier molecular flexibility index (Phi) is 4.67. The third-order valence-corrected chi connectivity index (χ3v) is 1.07. The van der Waals surface area contributed by atoms with Crippen LogP contribution in [0.25, 0.3) is 0 Å². The van der Waals surface area contributed by atoms with Gasteiger partial charge in [-0.2, -0.15) is 0 Å². The molecule has 1 unspecified atom stereocenters. The molecule has 0 aliphatic carbocycles. The highest BCUT2D eigenvalue weighted by molar-refractivity contribution is 4.80. The third kappa shape index (κ3) is 3.88. The van der Waals surface area contributed by atoms with Crippen molar-refractivity contribution >= 4 is 0 Å². The lowest BCUT2D eigenvalue weighted by molar-refractivity contribution is 0.625. The molecule has 1 N–H and O–H groups in total. The SMILES string of the molecule is C=CC(C)NCCC. The van der Waals surface area contributed by atoms with E-state index in [1.165, 1.54) is 6.42 Å². The van der Waals surface area contributed by atoms with Gasteiger partial charge in [0.25, 0.3) is 0 Å². The van der Waals surface area contributed by atoms with Crippen LogP contribution in [0.5, 0.6) is 0 Å². The normalized spacial score (nSPS) is 13.2. The van der Waals surface area contributed by atoms with Crippen LogP contribution in [-0.2, 0) is 0 Å². The molecule has 1 nitrogen and oxygen atoms in total. The quantitative estimate of drug-likeness (QED) is 0.545. The van der Waals surface area contributed by atoms with Crippen LogP contribution in [0, 0.1) is 0 Å². The fraction of sp³-hybridized carbons (Fsp3) is 0.714. The van der Waals surface area contributed by atoms with Crippen molar-refractivity contribution in [1.82, 2.24) is 5.32 Å². The molecule has 0 radical (unpaired) electrons. The average Bonchev–Trinajstić information content (AvgIpc) is 1.83. The summed E-state index contributed by atoms with van der Waals surface area (Å²) in [4.78, 5) is 0. The number of nitrogens with one attached hydrogen (secondary N) is 1. The second-order valence-electron chi connectivity index (χ2n) is 1.98.